The molecule has 6 rings (SSSR count). The van der Waals surface area contributed by atoms with Crippen molar-refractivity contribution in [2.45, 2.75) is 38.8 Å². The number of hydrogen-bond acceptors (Lipinski definition) is 7. The van der Waals surface area contributed by atoms with Crippen LogP contribution in [0, 0.1) is 5.41 Å². The standard InChI is InChI=1S/C29H37N5O3/c1-4-27(35)34-16-21(17-34)33-10-8-23(29(2,3)19-33)20-5-6-26-24(15-20)31-28-22(18-37-26)25(7-9-30-28)32-11-13-36-14-12-32/h4-7,9,15,21,23H,1,8,10-14,16-19H2,2-3H3,(H,30,31)/t23-/m1/s1. The van der Waals surface area contributed by atoms with Gasteiger partial charge in [-0.25, -0.2) is 4.98 Å². The lowest BCUT2D eigenvalue weighted by atomic mass is 9.70. The Kier molecular flexibility index (Phi) is 6.32. The van der Waals surface area contributed by atoms with E-state index in [0.29, 0.717) is 18.6 Å². The zero-order valence-electron chi connectivity index (χ0n) is 21.9. The number of carbonyl (C=O) groups excluding carboxylic acids is 1. The molecule has 0 bridgehead atoms. The number of nitrogens with zero attached hydrogens (tertiary/aromatic N) is 4. The molecule has 1 N–H and O–H groups in total. The number of nitrogens with one attached hydrogen (secondary N) is 1. The summed E-state index contributed by atoms with van der Waals surface area (Å²) in [7, 11) is 0. The molecule has 0 saturated carbocycles. The zero-order chi connectivity index (χ0) is 25.6. The van der Waals surface area contributed by atoms with Crippen molar-refractivity contribution >= 4 is 23.1 Å². The molecule has 1 aromatic carbocycles. The van der Waals surface area contributed by atoms with Gasteiger partial charge in [0, 0.05) is 50.6 Å². The Morgan fingerprint density at radius 2 is 2.00 bits per heavy atom. The van der Waals surface area contributed by atoms with Gasteiger partial charge in [-0.05, 0) is 54.1 Å². The largest absolute Gasteiger partial charge is 0.487 e. The van der Waals surface area contributed by atoms with Crippen LogP contribution in [0.15, 0.2) is 43.1 Å². The number of hydrogen-bond donors (Lipinski definition) is 1. The Hall–Kier alpha value is -3.10. The average Bonchev–Trinajstić information content (AvgIpc) is 3.06. The number of ether oxygens (including phenoxy) is 2. The molecule has 1 amide bonds. The lowest BCUT2D eigenvalue weighted by molar-refractivity contribution is -0.134. The number of piperidine rings is 1. The van der Waals surface area contributed by atoms with Gasteiger partial charge in [-0.2, -0.15) is 0 Å². The molecule has 2 aromatic rings. The molecule has 3 fully saturated rings. The first-order valence-electron chi connectivity index (χ1n) is 13.4. The summed E-state index contributed by atoms with van der Waals surface area (Å²) in [5, 5.41) is 3.61. The van der Waals surface area contributed by atoms with Gasteiger partial charge in [-0.15, -0.1) is 0 Å². The minimum absolute atomic E-state index is 0.0400. The van der Waals surface area contributed by atoms with Gasteiger partial charge in [0.25, 0.3) is 0 Å². The number of amides is 1. The fourth-order valence-electron chi connectivity index (χ4n) is 6.42. The first-order valence-corrected chi connectivity index (χ1v) is 13.4. The summed E-state index contributed by atoms with van der Waals surface area (Å²) in [5.74, 6) is 2.22. The fraction of sp³-hybridized carbons (Fsp3) is 0.517. The van der Waals surface area contributed by atoms with E-state index in [1.165, 1.54) is 17.3 Å². The normalized spacial score (nSPS) is 23.6. The van der Waals surface area contributed by atoms with Crippen LogP contribution in [0.1, 0.15) is 37.3 Å². The second-order valence-electron chi connectivity index (χ2n) is 11.3. The highest BCUT2D eigenvalue weighted by Crippen LogP contribution is 2.46. The zero-order valence-corrected chi connectivity index (χ0v) is 21.9. The maximum absolute atomic E-state index is 11.9. The van der Waals surface area contributed by atoms with Crippen molar-refractivity contribution in [3.8, 4) is 5.75 Å². The maximum atomic E-state index is 11.9. The van der Waals surface area contributed by atoms with E-state index >= 15 is 0 Å². The van der Waals surface area contributed by atoms with Gasteiger partial charge in [-0.1, -0.05) is 26.5 Å². The van der Waals surface area contributed by atoms with Crippen LogP contribution in [0.3, 0.4) is 0 Å². The van der Waals surface area contributed by atoms with Gasteiger partial charge in [0.15, 0.2) is 0 Å². The molecule has 0 unspecified atom stereocenters. The van der Waals surface area contributed by atoms with E-state index < -0.39 is 0 Å². The molecule has 0 radical (unpaired) electrons. The summed E-state index contributed by atoms with van der Waals surface area (Å²) >= 11 is 0. The lowest BCUT2D eigenvalue weighted by Gasteiger charge is -2.52. The molecule has 4 aliphatic rings. The molecule has 37 heavy (non-hydrogen) atoms. The van der Waals surface area contributed by atoms with Crippen molar-refractivity contribution in [1.82, 2.24) is 14.8 Å². The third-order valence-electron chi connectivity index (χ3n) is 8.54. The molecular weight excluding hydrogens is 466 g/mol. The van der Waals surface area contributed by atoms with Gasteiger partial charge >= 0.3 is 0 Å². The maximum Gasteiger partial charge on any atom is 0.246 e. The molecule has 1 atom stereocenters. The summed E-state index contributed by atoms with van der Waals surface area (Å²) in [6.45, 7) is 15.8. The van der Waals surface area contributed by atoms with E-state index in [0.717, 1.165) is 81.7 Å². The Bertz CT molecular complexity index is 1190. The number of fused-ring (bicyclic) bond motifs is 2. The molecule has 4 aliphatic heterocycles. The number of carbonyl (C=O) groups is 1. The number of rotatable bonds is 4. The van der Waals surface area contributed by atoms with Crippen molar-refractivity contribution in [3.63, 3.8) is 0 Å². The smallest absolute Gasteiger partial charge is 0.246 e. The van der Waals surface area contributed by atoms with Crippen LogP contribution in [0.4, 0.5) is 17.2 Å². The van der Waals surface area contributed by atoms with Crippen molar-refractivity contribution in [1.29, 1.82) is 0 Å². The van der Waals surface area contributed by atoms with Gasteiger partial charge in [0.1, 0.15) is 18.2 Å². The van der Waals surface area contributed by atoms with Crippen LogP contribution < -0.4 is 15.0 Å². The lowest BCUT2D eigenvalue weighted by Crippen LogP contribution is -2.63. The number of morpholine rings is 1. The van der Waals surface area contributed by atoms with Crippen LogP contribution in [0.2, 0.25) is 0 Å². The highest BCUT2D eigenvalue weighted by molar-refractivity contribution is 5.87. The van der Waals surface area contributed by atoms with E-state index in [1.54, 1.807) is 0 Å². The summed E-state index contributed by atoms with van der Waals surface area (Å²) < 4.78 is 11.9. The predicted molar refractivity (Wildman–Crippen MR) is 145 cm³/mol. The number of anilines is 3. The summed E-state index contributed by atoms with van der Waals surface area (Å²) in [6.07, 6.45) is 4.39. The molecule has 0 spiro atoms. The van der Waals surface area contributed by atoms with E-state index in [2.05, 4.69) is 64.8 Å². The van der Waals surface area contributed by atoms with E-state index in [1.807, 2.05) is 11.1 Å². The number of likely N-dealkylation sites (tertiary alicyclic amines) is 2. The molecule has 196 valence electrons. The Labute approximate surface area is 219 Å². The molecule has 1 aromatic heterocycles. The highest BCUT2D eigenvalue weighted by atomic mass is 16.5. The molecule has 3 saturated heterocycles. The van der Waals surface area contributed by atoms with Gasteiger partial charge in [0.05, 0.1) is 24.5 Å². The van der Waals surface area contributed by atoms with Crippen LogP contribution in [-0.2, 0) is 16.1 Å². The minimum atomic E-state index is 0.0400. The van der Waals surface area contributed by atoms with E-state index in [9.17, 15) is 4.79 Å². The first-order chi connectivity index (χ1) is 17.9. The number of pyridine rings is 1. The Morgan fingerprint density at radius 3 is 2.76 bits per heavy atom. The third-order valence-corrected chi connectivity index (χ3v) is 8.54. The molecular formula is C29H37N5O3. The van der Waals surface area contributed by atoms with E-state index in [-0.39, 0.29) is 11.3 Å². The van der Waals surface area contributed by atoms with Crippen LogP contribution in [-0.4, -0.2) is 79.2 Å². The molecule has 8 heteroatoms. The second-order valence-corrected chi connectivity index (χ2v) is 11.3. The average molecular weight is 504 g/mol. The molecule has 5 heterocycles. The van der Waals surface area contributed by atoms with Crippen molar-refractivity contribution in [2.75, 3.05) is 62.7 Å². The van der Waals surface area contributed by atoms with Crippen molar-refractivity contribution in [2.24, 2.45) is 5.41 Å². The molecule has 8 nitrogen and oxygen atoms in total. The van der Waals surface area contributed by atoms with Crippen LogP contribution in [0.25, 0.3) is 0 Å². The van der Waals surface area contributed by atoms with Crippen molar-refractivity contribution < 1.29 is 14.3 Å². The van der Waals surface area contributed by atoms with Crippen LogP contribution >= 0.6 is 0 Å². The predicted octanol–water partition coefficient (Wildman–Crippen LogP) is 3.77. The topological polar surface area (TPSA) is 70.2 Å². The van der Waals surface area contributed by atoms with Crippen LogP contribution in [0.5, 0.6) is 5.75 Å². The summed E-state index contributed by atoms with van der Waals surface area (Å²) in [5.41, 5.74) is 4.70. The fourth-order valence-corrected chi connectivity index (χ4v) is 6.42. The number of benzene rings is 1. The molecule has 0 aliphatic carbocycles. The Balaban J connectivity index is 1.19. The second kappa shape index (κ2) is 9.65. The monoisotopic (exact) mass is 503 g/mol. The van der Waals surface area contributed by atoms with Gasteiger partial charge < -0.3 is 24.6 Å². The SMILES string of the molecule is C=CC(=O)N1CC(N2CC[C@H](c3ccc4c(c3)Nc3nccc(N5CCOCC5)c3CO4)C(C)(C)C2)C1. The van der Waals surface area contributed by atoms with Crippen molar-refractivity contribution in [3.05, 3.63) is 54.2 Å². The minimum Gasteiger partial charge on any atom is -0.487 e. The third kappa shape index (κ3) is 4.57. The summed E-state index contributed by atoms with van der Waals surface area (Å²) in [6, 6.07) is 9.16. The summed E-state index contributed by atoms with van der Waals surface area (Å²) in [4.78, 5) is 23.4. The van der Waals surface area contributed by atoms with Gasteiger partial charge in [0.2, 0.25) is 5.91 Å². The Morgan fingerprint density at radius 1 is 1.19 bits per heavy atom. The van der Waals surface area contributed by atoms with E-state index in [4.69, 9.17) is 9.47 Å². The van der Waals surface area contributed by atoms with Gasteiger partial charge in [-0.3, -0.25) is 9.69 Å². The quantitative estimate of drug-likeness (QED) is 0.637. The highest BCUT2D eigenvalue weighted by Gasteiger charge is 2.42. The number of aromatic nitrogens is 1. The first kappa shape index (κ1) is 24.2.